The van der Waals surface area contributed by atoms with Crippen molar-refractivity contribution in [3.8, 4) is 0 Å². The molecule has 5 heteroatoms. The molecule has 0 aromatic rings. The Kier molecular flexibility index (Phi) is 4.55. The molecule has 5 aliphatic carbocycles. The summed E-state index contributed by atoms with van der Waals surface area (Å²) in [5.74, 6) is 2.80. The Labute approximate surface area is 151 Å². The molecule has 2 amide bonds. The van der Waals surface area contributed by atoms with E-state index in [1.165, 1.54) is 38.5 Å². The molecule has 4 bridgehead atoms. The van der Waals surface area contributed by atoms with Crippen molar-refractivity contribution in [2.24, 2.45) is 23.2 Å². The zero-order chi connectivity index (χ0) is 17.6. The monoisotopic (exact) mass is 347 g/mol. The molecule has 0 spiro atoms. The minimum absolute atomic E-state index is 0.0342. The number of rotatable bonds is 7. The number of carbonyl (C=O) groups excluding carboxylic acids is 2. The second-order valence-corrected chi connectivity index (χ2v) is 9.58. The lowest BCUT2D eigenvalue weighted by Gasteiger charge is -2.59. The summed E-state index contributed by atoms with van der Waals surface area (Å²) in [6.07, 6.45) is 10.4. The molecule has 5 saturated carbocycles. The fourth-order valence-electron chi connectivity index (χ4n) is 6.20. The highest BCUT2D eigenvalue weighted by Gasteiger charge is 2.53. The van der Waals surface area contributed by atoms with Gasteiger partial charge in [-0.05, 0) is 88.5 Å². The van der Waals surface area contributed by atoms with Gasteiger partial charge in [0.25, 0.3) is 0 Å². The van der Waals surface area contributed by atoms with E-state index in [9.17, 15) is 9.59 Å². The van der Waals surface area contributed by atoms with E-state index in [0.29, 0.717) is 24.5 Å². The van der Waals surface area contributed by atoms with Gasteiger partial charge in [0, 0.05) is 12.1 Å². The first-order valence-electron chi connectivity index (χ1n) is 10.2. The van der Waals surface area contributed by atoms with Gasteiger partial charge in [-0.1, -0.05) is 0 Å². The van der Waals surface area contributed by atoms with Crippen molar-refractivity contribution in [1.82, 2.24) is 15.5 Å². The van der Waals surface area contributed by atoms with Crippen LogP contribution in [0.2, 0.25) is 0 Å². The first-order chi connectivity index (χ1) is 11.9. The number of carbonyl (C=O) groups is 2. The van der Waals surface area contributed by atoms with Crippen LogP contribution in [0.5, 0.6) is 0 Å². The number of nitrogens with zero attached hydrogens (tertiary/aromatic N) is 1. The summed E-state index contributed by atoms with van der Waals surface area (Å²) >= 11 is 0. The molecule has 1 atom stereocenters. The summed E-state index contributed by atoms with van der Waals surface area (Å²) in [6.45, 7) is 2.81. The number of likely N-dealkylation sites (N-methyl/N-ethyl adjacent to an activating group) is 1. The van der Waals surface area contributed by atoms with E-state index in [2.05, 4.69) is 17.6 Å². The maximum Gasteiger partial charge on any atom is 0.234 e. The first kappa shape index (κ1) is 17.3. The third-order valence-corrected chi connectivity index (χ3v) is 7.15. The van der Waals surface area contributed by atoms with Crippen molar-refractivity contribution >= 4 is 11.8 Å². The molecule has 5 fully saturated rings. The zero-order valence-corrected chi connectivity index (χ0v) is 15.7. The molecule has 0 unspecified atom stereocenters. The molecule has 140 valence electrons. The standard InChI is InChI=1S/C20H33N3O2/c1-13(20-8-14-5-15(9-20)7-16(6-14)10-20)21-18(24)11-23(2)12-19(25)22-17-3-4-17/h13-17H,3-12H2,1-2H3,(H,21,24)(H,22,25)/t13-,14?,15?,16?,20?/m1/s1. The summed E-state index contributed by atoms with van der Waals surface area (Å²) in [7, 11) is 1.85. The SMILES string of the molecule is C[C@@H](NC(=O)CN(C)CC(=O)NC1CC1)C12CC3CC(CC(C3)C1)C2. The summed E-state index contributed by atoms with van der Waals surface area (Å²) in [5.41, 5.74) is 0.340. The Hall–Kier alpha value is -1.10. The van der Waals surface area contributed by atoms with Crippen molar-refractivity contribution in [1.29, 1.82) is 0 Å². The van der Waals surface area contributed by atoms with Crippen LogP contribution in [0.15, 0.2) is 0 Å². The zero-order valence-electron chi connectivity index (χ0n) is 15.7. The largest absolute Gasteiger partial charge is 0.352 e. The molecule has 0 saturated heterocycles. The van der Waals surface area contributed by atoms with Gasteiger partial charge >= 0.3 is 0 Å². The van der Waals surface area contributed by atoms with Gasteiger partial charge in [0.1, 0.15) is 0 Å². The molecule has 0 radical (unpaired) electrons. The lowest BCUT2D eigenvalue weighted by molar-refractivity contribution is -0.127. The fraction of sp³-hybridized carbons (Fsp3) is 0.900. The maximum absolute atomic E-state index is 12.5. The Balaban J connectivity index is 1.26. The highest BCUT2D eigenvalue weighted by molar-refractivity contribution is 5.81. The van der Waals surface area contributed by atoms with Crippen LogP contribution in [-0.4, -0.2) is 48.9 Å². The molecule has 0 heterocycles. The average Bonchev–Trinajstić information content (AvgIpc) is 3.28. The molecule has 0 aromatic carbocycles. The smallest absolute Gasteiger partial charge is 0.234 e. The predicted octanol–water partition coefficient (Wildman–Crippen LogP) is 1.92. The van der Waals surface area contributed by atoms with Gasteiger partial charge < -0.3 is 10.6 Å². The third-order valence-electron chi connectivity index (χ3n) is 7.15. The van der Waals surface area contributed by atoms with Gasteiger partial charge in [0.05, 0.1) is 13.1 Å². The van der Waals surface area contributed by atoms with Crippen molar-refractivity contribution in [2.45, 2.75) is 70.4 Å². The molecule has 5 aliphatic rings. The summed E-state index contributed by atoms with van der Waals surface area (Å²) < 4.78 is 0. The Morgan fingerprint density at radius 3 is 2.04 bits per heavy atom. The van der Waals surface area contributed by atoms with Crippen LogP contribution in [0.4, 0.5) is 0 Å². The van der Waals surface area contributed by atoms with E-state index in [4.69, 9.17) is 0 Å². The summed E-state index contributed by atoms with van der Waals surface area (Å²) in [5, 5.41) is 6.26. The van der Waals surface area contributed by atoms with Crippen LogP contribution in [0.3, 0.4) is 0 Å². The Morgan fingerprint density at radius 1 is 1.00 bits per heavy atom. The molecule has 2 N–H and O–H groups in total. The van der Waals surface area contributed by atoms with Crippen LogP contribution in [-0.2, 0) is 9.59 Å². The lowest BCUT2D eigenvalue weighted by Crippen LogP contribution is -2.56. The summed E-state index contributed by atoms with van der Waals surface area (Å²) in [6, 6.07) is 0.632. The average molecular weight is 348 g/mol. The van der Waals surface area contributed by atoms with Gasteiger partial charge in [-0.15, -0.1) is 0 Å². The predicted molar refractivity (Wildman–Crippen MR) is 96.9 cm³/mol. The van der Waals surface area contributed by atoms with E-state index in [1.54, 1.807) is 0 Å². The minimum atomic E-state index is 0.0342. The van der Waals surface area contributed by atoms with E-state index < -0.39 is 0 Å². The molecule has 0 aliphatic heterocycles. The third kappa shape index (κ3) is 3.86. The number of hydrogen-bond acceptors (Lipinski definition) is 3. The maximum atomic E-state index is 12.5. The quantitative estimate of drug-likeness (QED) is 0.740. The second-order valence-electron chi connectivity index (χ2n) is 9.58. The van der Waals surface area contributed by atoms with Crippen molar-refractivity contribution in [2.75, 3.05) is 20.1 Å². The van der Waals surface area contributed by atoms with Crippen molar-refractivity contribution < 1.29 is 9.59 Å². The number of nitrogens with one attached hydrogen (secondary N) is 2. The van der Waals surface area contributed by atoms with Crippen LogP contribution in [0.25, 0.3) is 0 Å². The van der Waals surface area contributed by atoms with Gasteiger partial charge in [0.15, 0.2) is 0 Å². The van der Waals surface area contributed by atoms with Crippen molar-refractivity contribution in [3.05, 3.63) is 0 Å². The van der Waals surface area contributed by atoms with Crippen LogP contribution < -0.4 is 10.6 Å². The van der Waals surface area contributed by atoms with Gasteiger partial charge in [-0.2, -0.15) is 0 Å². The topological polar surface area (TPSA) is 61.4 Å². The van der Waals surface area contributed by atoms with Crippen LogP contribution in [0.1, 0.15) is 58.3 Å². The molecular weight excluding hydrogens is 314 g/mol. The normalized spacial score (nSPS) is 37.2. The fourth-order valence-corrected chi connectivity index (χ4v) is 6.20. The lowest BCUT2D eigenvalue weighted by atomic mass is 9.48. The van der Waals surface area contributed by atoms with Crippen LogP contribution >= 0.6 is 0 Å². The van der Waals surface area contributed by atoms with E-state index >= 15 is 0 Å². The highest BCUT2D eigenvalue weighted by Crippen LogP contribution is 2.61. The van der Waals surface area contributed by atoms with E-state index in [1.807, 2.05) is 11.9 Å². The molecule has 25 heavy (non-hydrogen) atoms. The van der Waals surface area contributed by atoms with Crippen LogP contribution in [0, 0.1) is 23.2 Å². The minimum Gasteiger partial charge on any atom is -0.352 e. The van der Waals surface area contributed by atoms with Crippen molar-refractivity contribution in [3.63, 3.8) is 0 Å². The second kappa shape index (κ2) is 6.57. The molecular formula is C20H33N3O2. The van der Waals surface area contributed by atoms with Gasteiger partial charge in [0.2, 0.25) is 11.8 Å². The number of amides is 2. The highest BCUT2D eigenvalue weighted by atomic mass is 16.2. The van der Waals surface area contributed by atoms with Gasteiger partial charge in [-0.3, -0.25) is 14.5 Å². The Morgan fingerprint density at radius 2 is 1.52 bits per heavy atom. The van der Waals surface area contributed by atoms with E-state index in [0.717, 1.165) is 30.6 Å². The molecule has 5 rings (SSSR count). The van der Waals surface area contributed by atoms with Gasteiger partial charge in [-0.25, -0.2) is 0 Å². The Bertz CT molecular complexity index is 508. The number of hydrogen-bond donors (Lipinski definition) is 2. The first-order valence-corrected chi connectivity index (χ1v) is 10.2. The molecule has 0 aromatic heterocycles. The summed E-state index contributed by atoms with van der Waals surface area (Å²) in [4.78, 5) is 26.2. The van der Waals surface area contributed by atoms with E-state index in [-0.39, 0.29) is 17.9 Å². The molecule has 5 nitrogen and oxygen atoms in total.